The smallest absolute Gasteiger partial charge is 0.321 e. The van der Waals surface area contributed by atoms with Gasteiger partial charge in [-0.3, -0.25) is 9.69 Å². The van der Waals surface area contributed by atoms with Crippen LogP contribution in [-0.4, -0.2) is 50.3 Å². The third kappa shape index (κ3) is 3.90. The average Bonchev–Trinajstić information content (AvgIpc) is 3.38. The number of carbonyl (C=O) groups is 2. The van der Waals surface area contributed by atoms with Crippen LogP contribution in [0, 0.1) is 6.92 Å². The molecule has 1 atom stereocenters. The predicted molar refractivity (Wildman–Crippen MR) is 114 cm³/mol. The van der Waals surface area contributed by atoms with Gasteiger partial charge in [-0.1, -0.05) is 23.8 Å². The molecule has 0 saturated carbocycles. The first-order valence-electron chi connectivity index (χ1n) is 9.91. The van der Waals surface area contributed by atoms with E-state index in [2.05, 4.69) is 10.6 Å². The molecule has 2 aromatic carbocycles. The molecule has 2 fully saturated rings. The Balaban J connectivity index is 1.52. The molecule has 0 unspecified atom stereocenters. The Labute approximate surface area is 175 Å². The van der Waals surface area contributed by atoms with Crippen LogP contribution in [-0.2, 0) is 14.8 Å². The van der Waals surface area contributed by atoms with Gasteiger partial charge in [-0.25, -0.2) is 13.2 Å². The molecule has 2 saturated heterocycles. The highest BCUT2D eigenvalue weighted by atomic mass is 32.2. The van der Waals surface area contributed by atoms with Crippen molar-refractivity contribution in [2.24, 2.45) is 0 Å². The van der Waals surface area contributed by atoms with Gasteiger partial charge >= 0.3 is 6.03 Å². The van der Waals surface area contributed by atoms with Crippen molar-refractivity contribution in [3.63, 3.8) is 0 Å². The summed E-state index contributed by atoms with van der Waals surface area (Å²) >= 11 is 0. The molecule has 3 amide bonds. The van der Waals surface area contributed by atoms with E-state index in [1.54, 1.807) is 53.4 Å². The molecule has 2 aromatic rings. The molecule has 0 aliphatic carbocycles. The molecule has 2 aliphatic rings. The van der Waals surface area contributed by atoms with Gasteiger partial charge in [0.05, 0.1) is 4.90 Å². The molecule has 0 radical (unpaired) electrons. The molecule has 0 spiro atoms. The lowest BCUT2D eigenvalue weighted by molar-refractivity contribution is -0.119. The van der Waals surface area contributed by atoms with Gasteiger partial charge in [0.25, 0.3) is 0 Å². The summed E-state index contributed by atoms with van der Waals surface area (Å²) in [6.45, 7) is 3.33. The quantitative estimate of drug-likeness (QED) is 0.764. The summed E-state index contributed by atoms with van der Waals surface area (Å²) in [5, 5.41) is 5.56. The van der Waals surface area contributed by atoms with Crippen LogP contribution in [0.1, 0.15) is 18.4 Å². The van der Waals surface area contributed by atoms with E-state index in [0.717, 1.165) is 5.56 Å². The number of hydrogen-bond donors (Lipinski definition) is 2. The molecule has 2 heterocycles. The number of aryl methyl sites for hydroxylation is 1. The second-order valence-electron chi connectivity index (χ2n) is 7.51. The number of sulfonamides is 1. The van der Waals surface area contributed by atoms with E-state index >= 15 is 0 Å². The fourth-order valence-electron chi connectivity index (χ4n) is 3.83. The van der Waals surface area contributed by atoms with Gasteiger partial charge in [-0.05, 0) is 50.1 Å². The molecule has 9 heteroatoms. The number of amides is 3. The lowest BCUT2D eigenvalue weighted by Gasteiger charge is -2.24. The Morgan fingerprint density at radius 1 is 1.13 bits per heavy atom. The molecule has 0 aromatic heterocycles. The second-order valence-corrected chi connectivity index (χ2v) is 9.40. The number of benzene rings is 2. The Hall–Kier alpha value is -2.91. The minimum absolute atomic E-state index is 0.176. The molecule has 8 nitrogen and oxygen atoms in total. The average molecular weight is 429 g/mol. The molecule has 30 heavy (non-hydrogen) atoms. The fraction of sp³-hybridized carbons (Fsp3) is 0.333. The highest BCUT2D eigenvalue weighted by molar-refractivity contribution is 7.89. The van der Waals surface area contributed by atoms with Crippen molar-refractivity contribution in [2.75, 3.05) is 29.9 Å². The summed E-state index contributed by atoms with van der Waals surface area (Å²) in [4.78, 5) is 26.6. The van der Waals surface area contributed by atoms with E-state index in [-0.39, 0.29) is 16.8 Å². The van der Waals surface area contributed by atoms with E-state index in [0.29, 0.717) is 43.9 Å². The molecule has 2 N–H and O–H groups in total. The molecule has 2 aliphatic heterocycles. The molecular formula is C21H24N4O4S. The van der Waals surface area contributed by atoms with Crippen molar-refractivity contribution in [1.29, 1.82) is 0 Å². The van der Waals surface area contributed by atoms with E-state index in [1.165, 1.54) is 4.31 Å². The van der Waals surface area contributed by atoms with E-state index in [1.807, 2.05) is 6.92 Å². The number of hydrogen-bond acceptors (Lipinski definition) is 4. The molecule has 0 bridgehead atoms. The normalized spacial score (nSPS) is 19.7. The van der Waals surface area contributed by atoms with E-state index in [9.17, 15) is 18.0 Å². The number of anilines is 2. The van der Waals surface area contributed by atoms with Gasteiger partial charge in [0.1, 0.15) is 6.04 Å². The van der Waals surface area contributed by atoms with Gasteiger partial charge in [0, 0.05) is 31.0 Å². The number of rotatable bonds is 5. The van der Waals surface area contributed by atoms with Crippen LogP contribution in [0.2, 0.25) is 0 Å². The summed E-state index contributed by atoms with van der Waals surface area (Å²) in [6.07, 6.45) is 1.09. The molecular weight excluding hydrogens is 404 g/mol. The highest BCUT2D eigenvalue weighted by Crippen LogP contribution is 2.28. The van der Waals surface area contributed by atoms with Crippen molar-refractivity contribution in [1.82, 2.24) is 9.62 Å². The van der Waals surface area contributed by atoms with Crippen LogP contribution in [0.3, 0.4) is 0 Å². The SMILES string of the molecule is Cc1ccc(S(=O)(=O)N2CCC[C@H]2C(=O)Nc2cccc(N3CCNC3=O)c2)cc1. The van der Waals surface area contributed by atoms with Crippen LogP contribution in [0.5, 0.6) is 0 Å². The first-order valence-corrected chi connectivity index (χ1v) is 11.3. The van der Waals surface area contributed by atoms with E-state index in [4.69, 9.17) is 0 Å². The van der Waals surface area contributed by atoms with Crippen LogP contribution in [0.15, 0.2) is 53.4 Å². The standard InChI is InChI=1S/C21H24N4O4S/c1-15-7-9-18(10-8-15)30(28,29)25-12-3-6-19(25)20(26)23-16-4-2-5-17(14-16)24-13-11-22-21(24)27/h2,4-5,7-10,14,19H,3,6,11-13H2,1H3,(H,22,27)(H,23,26)/t19-/m0/s1. The van der Waals surface area contributed by atoms with Crippen molar-refractivity contribution in [3.8, 4) is 0 Å². The van der Waals surface area contributed by atoms with Gasteiger partial charge in [-0.15, -0.1) is 0 Å². The summed E-state index contributed by atoms with van der Waals surface area (Å²) in [7, 11) is -3.76. The van der Waals surface area contributed by atoms with Gasteiger partial charge < -0.3 is 10.6 Å². The van der Waals surface area contributed by atoms with Crippen molar-refractivity contribution in [3.05, 3.63) is 54.1 Å². The first kappa shape index (κ1) is 20.4. The maximum atomic E-state index is 13.1. The zero-order valence-electron chi connectivity index (χ0n) is 16.7. The molecule has 4 rings (SSSR count). The zero-order chi connectivity index (χ0) is 21.3. The summed E-state index contributed by atoms with van der Waals surface area (Å²) in [5.74, 6) is -0.369. The number of nitrogens with zero attached hydrogens (tertiary/aromatic N) is 2. The topological polar surface area (TPSA) is 98.8 Å². The van der Waals surface area contributed by atoms with Crippen LogP contribution >= 0.6 is 0 Å². The van der Waals surface area contributed by atoms with E-state index < -0.39 is 16.1 Å². The minimum Gasteiger partial charge on any atom is -0.336 e. The Morgan fingerprint density at radius 2 is 1.90 bits per heavy atom. The van der Waals surface area contributed by atoms with Crippen molar-refractivity contribution < 1.29 is 18.0 Å². The number of carbonyl (C=O) groups excluding carboxylic acids is 2. The van der Waals surface area contributed by atoms with Crippen molar-refractivity contribution >= 4 is 33.3 Å². The Bertz CT molecular complexity index is 1070. The van der Waals surface area contributed by atoms with Gasteiger partial charge in [0.15, 0.2) is 0 Å². The largest absolute Gasteiger partial charge is 0.336 e. The first-order chi connectivity index (χ1) is 14.4. The van der Waals surface area contributed by atoms with Crippen LogP contribution in [0.25, 0.3) is 0 Å². The Morgan fingerprint density at radius 3 is 2.60 bits per heavy atom. The Kier molecular flexibility index (Phi) is 5.48. The van der Waals surface area contributed by atoms with Gasteiger partial charge in [-0.2, -0.15) is 4.31 Å². The summed E-state index contributed by atoms with van der Waals surface area (Å²) in [5.41, 5.74) is 2.17. The highest BCUT2D eigenvalue weighted by Gasteiger charge is 2.39. The lowest BCUT2D eigenvalue weighted by atomic mass is 10.2. The predicted octanol–water partition coefficient (Wildman–Crippen LogP) is 2.32. The summed E-state index contributed by atoms with van der Waals surface area (Å²) < 4.78 is 27.4. The monoisotopic (exact) mass is 428 g/mol. The van der Waals surface area contributed by atoms with Gasteiger partial charge in [0.2, 0.25) is 15.9 Å². The van der Waals surface area contributed by atoms with Crippen LogP contribution < -0.4 is 15.5 Å². The van der Waals surface area contributed by atoms with Crippen molar-refractivity contribution in [2.45, 2.75) is 30.7 Å². The number of nitrogens with one attached hydrogen (secondary N) is 2. The minimum atomic E-state index is -3.76. The number of urea groups is 1. The summed E-state index contributed by atoms with van der Waals surface area (Å²) in [6, 6.07) is 12.7. The maximum absolute atomic E-state index is 13.1. The maximum Gasteiger partial charge on any atom is 0.321 e. The molecule has 158 valence electrons. The third-order valence-electron chi connectivity index (χ3n) is 5.42. The fourth-order valence-corrected chi connectivity index (χ4v) is 5.49. The zero-order valence-corrected chi connectivity index (χ0v) is 17.5. The second kappa shape index (κ2) is 8.08. The lowest BCUT2D eigenvalue weighted by Crippen LogP contribution is -2.43. The third-order valence-corrected chi connectivity index (χ3v) is 7.34. The van der Waals surface area contributed by atoms with Crippen LogP contribution in [0.4, 0.5) is 16.2 Å².